The van der Waals surface area contributed by atoms with Gasteiger partial charge in [0.05, 0.1) is 5.52 Å². The average molecular weight is 267 g/mol. The Bertz CT molecular complexity index is 778. The van der Waals surface area contributed by atoms with Gasteiger partial charge in [-0.15, -0.1) is 0 Å². The summed E-state index contributed by atoms with van der Waals surface area (Å²) in [5, 5.41) is 7.77. The fourth-order valence-corrected chi connectivity index (χ4v) is 1.91. The second-order valence-corrected chi connectivity index (χ2v) is 4.62. The van der Waals surface area contributed by atoms with Gasteiger partial charge in [0.1, 0.15) is 0 Å². The molecule has 6 nitrogen and oxygen atoms in total. The Balaban J connectivity index is 2.01. The second kappa shape index (κ2) is 4.73. The Morgan fingerprint density at radius 2 is 2.10 bits per heavy atom. The van der Waals surface area contributed by atoms with Gasteiger partial charge in [0.2, 0.25) is 5.82 Å². The first-order valence-corrected chi connectivity index (χ1v) is 6.14. The summed E-state index contributed by atoms with van der Waals surface area (Å²) in [4.78, 5) is 21.7. The fourth-order valence-electron chi connectivity index (χ4n) is 1.91. The smallest absolute Gasteiger partial charge is 0.290 e. The van der Waals surface area contributed by atoms with Crippen LogP contribution in [-0.4, -0.2) is 45.1 Å². The molecule has 0 aliphatic carbocycles. The summed E-state index contributed by atoms with van der Waals surface area (Å²) >= 11 is 0. The van der Waals surface area contributed by atoms with E-state index in [1.807, 2.05) is 30.3 Å². The minimum atomic E-state index is -0.203. The van der Waals surface area contributed by atoms with Crippen molar-refractivity contribution in [2.24, 2.45) is 0 Å². The van der Waals surface area contributed by atoms with Crippen LogP contribution in [0.25, 0.3) is 22.3 Å². The molecule has 0 spiro atoms. The van der Waals surface area contributed by atoms with Crippen molar-refractivity contribution in [1.82, 2.24) is 25.1 Å². The second-order valence-electron chi connectivity index (χ2n) is 4.62. The van der Waals surface area contributed by atoms with E-state index >= 15 is 0 Å². The molecule has 0 saturated carbocycles. The van der Waals surface area contributed by atoms with Crippen LogP contribution < -0.4 is 0 Å². The van der Waals surface area contributed by atoms with Crippen LogP contribution >= 0.6 is 0 Å². The molecule has 0 aliphatic heterocycles. The maximum Gasteiger partial charge on any atom is 0.290 e. The maximum atomic E-state index is 11.8. The van der Waals surface area contributed by atoms with Crippen LogP contribution in [-0.2, 0) is 0 Å². The number of rotatable bonds is 2. The highest BCUT2D eigenvalue weighted by Crippen LogP contribution is 2.20. The summed E-state index contributed by atoms with van der Waals surface area (Å²) in [5.74, 6) is 0.531. The molecule has 0 unspecified atom stereocenters. The minimum Gasteiger partial charge on any atom is -0.342 e. The predicted molar refractivity (Wildman–Crippen MR) is 75.1 cm³/mol. The lowest BCUT2D eigenvalue weighted by Crippen LogP contribution is -2.22. The topological polar surface area (TPSA) is 74.8 Å². The van der Waals surface area contributed by atoms with Crippen LogP contribution in [0.2, 0.25) is 0 Å². The number of pyridine rings is 1. The summed E-state index contributed by atoms with van der Waals surface area (Å²) in [6, 6.07) is 9.61. The highest BCUT2D eigenvalue weighted by atomic mass is 16.2. The molecular formula is C14H13N5O. The SMILES string of the molecule is CN(C)C(=O)c1nc(-c2ccc3ncccc3c2)n[nH]1. The van der Waals surface area contributed by atoms with Crippen molar-refractivity contribution in [3.05, 3.63) is 42.4 Å². The van der Waals surface area contributed by atoms with Gasteiger partial charge in [-0.05, 0) is 24.3 Å². The monoisotopic (exact) mass is 267 g/mol. The zero-order valence-electron chi connectivity index (χ0n) is 11.2. The van der Waals surface area contributed by atoms with Crippen molar-refractivity contribution in [3.63, 3.8) is 0 Å². The van der Waals surface area contributed by atoms with Crippen molar-refractivity contribution >= 4 is 16.8 Å². The maximum absolute atomic E-state index is 11.8. The lowest BCUT2D eigenvalue weighted by molar-refractivity contribution is 0.0816. The third-order valence-corrected chi connectivity index (χ3v) is 2.96. The first-order valence-electron chi connectivity index (χ1n) is 6.14. The number of nitrogens with zero attached hydrogens (tertiary/aromatic N) is 4. The Labute approximate surface area is 115 Å². The van der Waals surface area contributed by atoms with E-state index in [0.29, 0.717) is 5.82 Å². The van der Waals surface area contributed by atoms with Crippen molar-refractivity contribution in [3.8, 4) is 11.4 Å². The van der Waals surface area contributed by atoms with Gasteiger partial charge < -0.3 is 4.90 Å². The van der Waals surface area contributed by atoms with E-state index < -0.39 is 0 Å². The molecule has 2 heterocycles. The van der Waals surface area contributed by atoms with Crippen LogP contribution in [0.1, 0.15) is 10.6 Å². The van der Waals surface area contributed by atoms with E-state index in [0.717, 1.165) is 16.5 Å². The van der Waals surface area contributed by atoms with Gasteiger partial charge in [-0.2, -0.15) is 5.10 Å². The molecule has 0 saturated heterocycles. The van der Waals surface area contributed by atoms with Gasteiger partial charge >= 0.3 is 0 Å². The molecule has 6 heteroatoms. The van der Waals surface area contributed by atoms with Gasteiger partial charge in [0.15, 0.2) is 5.82 Å². The number of nitrogens with one attached hydrogen (secondary N) is 1. The number of carbonyl (C=O) groups excluding carboxylic acids is 1. The summed E-state index contributed by atoms with van der Waals surface area (Å²) in [7, 11) is 3.35. The number of aromatic nitrogens is 4. The number of hydrogen-bond donors (Lipinski definition) is 1. The number of benzene rings is 1. The third kappa shape index (κ3) is 2.11. The molecule has 0 atom stereocenters. The molecule has 1 N–H and O–H groups in total. The molecule has 0 bridgehead atoms. The standard InChI is InChI=1S/C14H13N5O/c1-19(2)14(20)13-16-12(17-18-13)10-5-6-11-9(8-10)4-3-7-15-11/h3-8H,1-2H3,(H,16,17,18). The fraction of sp³-hybridized carbons (Fsp3) is 0.143. The van der Waals surface area contributed by atoms with Crippen LogP contribution in [0.5, 0.6) is 0 Å². The Kier molecular flexibility index (Phi) is 2.90. The normalized spacial score (nSPS) is 10.7. The molecule has 2 aromatic heterocycles. The molecule has 0 radical (unpaired) electrons. The number of fused-ring (bicyclic) bond motifs is 1. The van der Waals surface area contributed by atoms with Gasteiger partial charge in [-0.3, -0.25) is 14.9 Å². The highest BCUT2D eigenvalue weighted by Gasteiger charge is 2.14. The number of carbonyl (C=O) groups is 1. The van der Waals surface area contributed by atoms with Crippen LogP contribution in [0.3, 0.4) is 0 Å². The average Bonchev–Trinajstić information content (AvgIpc) is 2.95. The summed E-state index contributed by atoms with van der Waals surface area (Å²) in [6.45, 7) is 0. The van der Waals surface area contributed by atoms with E-state index in [1.165, 1.54) is 4.90 Å². The predicted octanol–water partition coefficient (Wildman–Crippen LogP) is 1.72. The zero-order valence-corrected chi connectivity index (χ0v) is 11.2. The summed E-state index contributed by atoms with van der Waals surface area (Å²) in [6.07, 6.45) is 1.75. The Morgan fingerprint density at radius 1 is 1.25 bits per heavy atom. The first-order chi connectivity index (χ1) is 9.65. The third-order valence-electron chi connectivity index (χ3n) is 2.96. The summed E-state index contributed by atoms with van der Waals surface area (Å²) in [5.41, 5.74) is 1.76. The molecule has 3 aromatic rings. The van der Waals surface area contributed by atoms with Gasteiger partial charge in [-0.1, -0.05) is 6.07 Å². The molecule has 0 aliphatic rings. The molecular weight excluding hydrogens is 254 g/mol. The van der Waals surface area contributed by atoms with Crippen LogP contribution in [0.15, 0.2) is 36.5 Å². The molecule has 0 fully saturated rings. The quantitative estimate of drug-likeness (QED) is 0.767. The summed E-state index contributed by atoms with van der Waals surface area (Å²) < 4.78 is 0. The van der Waals surface area contributed by atoms with Crippen LogP contribution in [0, 0.1) is 0 Å². The minimum absolute atomic E-state index is 0.203. The largest absolute Gasteiger partial charge is 0.342 e. The lowest BCUT2D eigenvalue weighted by atomic mass is 10.1. The Morgan fingerprint density at radius 3 is 2.90 bits per heavy atom. The van der Waals surface area contributed by atoms with Gasteiger partial charge in [0.25, 0.3) is 5.91 Å². The molecule has 3 rings (SSSR count). The van der Waals surface area contributed by atoms with Crippen molar-refractivity contribution in [2.45, 2.75) is 0 Å². The van der Waals surface area contributed by atoms with E-state index in [9.17, 15) is 4.79 Å². The zero-order chi connectivity index (χ0) is 14.1. The van der Waals surface area contributed by atoms with Crippen molar-refractivity contribution in [1.29, 1.82) is 0 Å². The van der Waals surface area contributed by atoms with Crippen molar-refractivity contribution in [2.75, 3.05) is 14.1 Å². The Hall–Kier alpha value is -2.76. The number of H-pyrrole nitrogens is 1. The first kappa shape index (κ1) is 12.3. The number of amides is 1. The molecule has 20 heavy (non-hydrogen) atoms. The molecule has 1 aromatic carbocycles. The molecule has 1 amide bonds. The number of hydrogen-bond acceptors (Lipinski definition) is 4. The number of aromatic amines is 1. The van der Waals surface area contributed by atoms with E-state index in [1.54, 1.807) is 20.3 Å². The highest BCUT2D eigenvalue weighted by molar-refractivity contribution is 5.90. The van der Waals surface area contributed by atoms with Gasteiger partial charge in [-0.25, -0.2) is 4.98 Å². The van der Waals surface area contributed by atoms with E-state index in [4.69, 9.17) is 0 Å². The van der Waals surface area contributed by atoms with Crippen LogP contribution in [0.4, 0.5) is 0 Å². The van der Waals surface area contributed by atoms with E-state index in [-0.39, 0.29) is 11.7 Å². The van der Waals surface area contributed by atoms with E-state index in [2.05, 4.69) is 20.2 Å². The van der Waals surface area contributed by atoms with Gasteiger partial charge in [0, 0.05) is 31.2 Å². The molecule has 100 valence electrons. The lowest BCUT2D eigenvalue weighted by Gasteiger charge is -2.05. The van der Waals surface area contributed by atoms with Crippen molar-refractivity contribution < 1.29 is 4.79 Å².